The van der Waals surface area contributed by atoms with Crippen molar-refractivity contribution in [2.24, 2.45) is 0 Å². The third-order valence-electron chi connectivity index (χ3n) is 4.73. The van der Waals surface area contributed by atoms with Crippen LogP contribution < -0.4 is 9.62 Å². The first-order chi connectivity index (χ1) is 12.0. The van der Waals surface area contributed by atoms with Crippen molar-refractivity contribution in [1.82, 2.24) is 10.2 Å². The lowest BCUT2D eigenvalue weighted by Gasteiger charge is -2.22. The largest absolute Gasteiger partial charge is 0.352 e. The topological polar surface area (TPSA) is 69.7 Å². The highest BCUT2D eigenvalue weighted by Crippen LogP contribution is 2.24. The summed E-state index contributed by atoms with van der Waals surface area (Å²) in [4.78, 5) is 14.6. The Labute approximate surface area is 149 Å². The minimum absolute atomic E-state index is 0.160. The summed E-state index contributed by atoms with van der Waals surface area (Å²) in [5.41, 5.74) is 2.45. The summed E-state index contributed by atoms with van der Waals surface area (Å²) in [6, 6.07) is 6.85. The van der Waals surface area contributed by atoms with Gasteiger partial charge in [0.25, 0.3) is 5.91 Å². The summed E-state index contributed by atoms with van der Waals surface area (Å²) in [6.07, 6.45) is 4.77. The number of rotatable bonds is 5. The zero-order valence-electron chi connectivity index (χ0n) is 14.6. The number of anilines is 1. The number of hydrogen-bond donors (Lipinski definition) is 1. The van der Waals surface area contributed by atoms with Gasteiger partial charge in [0.1, 0.15) is 0 Å². The van der Waals surface area contributed by atoms with E-state index in [2.05, 4.69) is 23.3 Å². The fourth-order valence-electron chi connectivity index (χ4n) is 3.21. The lowest BCUT2D eigenvalue weighted by Crippen LogP contribution is -2.28. The third-order valence-corrected chi connectivity index (χ3v) is 6.60. The van der Waals surface area contributed by atoms with Crippen LogP contribution in [0.1, 0.15) is 29.6 Å². The number of amides is 1. The number of benzene rings is 1. The van der Waals surface area contributed by atoms with Crippen LogP contribution >= 0.6 is 0 Å². The molecule has 0 aromatic heterocycles. The summed E-state index contributed by atoms with van der Waals surface area (Å²) in [5.74, 6) is 0.0141. The highest BCUT2D eigenvalue weighted by atomic mass is 32.2. The minimum Gasteiger partial charge on any atom is -0.352 e. The molecule has 3 rings (SSSR count). The predicted molar refractivity (Wildman–Crippen MR) is 99.3 cm³/mol. The van der Waals surface area contributed by atoms with Gasteiger partial charge in [-0.1, -0.05) is 17.7 Å². The summed E-state index contributed by atoms with van der Waals surface area (Å²) in [5, 5.41) is 2.93. The summed E-state index contributed by atoms with van der Waals surface area (Å²) in [7, 11) is -1.13. The van der Waals surface area contributed by atoms with Gasteiger partial charge >= 0.3 is 0 Å². The van der Waals surface area contributed by atoms with Gasteiger partial charge in [0, 0.05) is 31.7 Å². The van der Waals surface area contributed by atoms with Crippen molar-refractivity contribution in [2.45, 2.75) is 19.3 Å². The van der Waals surface area contributed by atoms with Crippen molar-refractivity contribution >= 4 is 21.6 Å². The molecular weight excluding hydrogens is 338 g/mol. The molecule has 0 atom stereocenters. The predicted octanol–water partition coefficient (Wildman–Crippen LogP) is 1.61. The average molecular weight is 363 g/mol. The maximum atomic E-state index is 12.4. The molecular formula is C18H25N3O3S. The molecule has 2 heterocycles. The molecule has 0 aliphatic carbocycles. The maximum absolute atomic E-state index is 12.4. The van der Waals surface area contributed by atoms with E-state index in [-0.39, 0.29) is 11.7 Å². The van der Waals surface area contributed by atoms with E-state index < -0.39 is 10.0 Å². The van der Waals surface area contributed by atoms with Gasteiger partial charge in [0.15, 0.2) is 0 Å². The fourth-order valence-corrected chi connectivity index (χ4v) is 4.77. The normalized spacial score (nSPS) is 20.4. The second-order valence-corrected chi connectivity index (χ2v) is 8.69. The second kappa shape index (κ2) is 7.58. The van der Waals surface area contributed by atoms with Crippen LogP contribution in [-0.4, -0.2) is 58.2 Å². The first-order valence-electron chi connectivity index (χ1n) is 8.71. The molecule has 1 amide bonds. The lowest BCUT2D eigenvalue weighted by molar-refractivity contribution is 0.0954. The van der Waals surface area contributed by atoms with E-state index in [1.54, 1.807) is 24.3 Å². The van der Waals surface area contributed by atoms with Crippen LogP contribution in [0.25, 0.3) is 0 Å². The first kappa shape index (κ1) is 17.9. The van der Waals surface area contributed by atoms with Gasteiger partial charge < -0.3 is 10.2 Å². The van der Waals surface area contributed by atoms with Gasteiger partial charge in [0.05, 0.1) is 11.4 Å². The number of likely N-dealkylation sites (N-methyl/N-ethyl adjacent to an activating group) is 1. The van der Waals surface area contributed by atoms with Gasteiger partial charge in [0.2, 0.25) is 10.0 Å². The molecule has 25 heavy (non-hydrogen) atoms. The fraction of sp³-hybridized carbons (Fsp3) is 0.500. The van der Waals surface area contributed by atoms with Crippen LogP contribution in [0.4, 0.5) is 5.69 Å². The molecule has 0 spiro atoms. The molecule has 2 aliphatic rings. The Morgan fingerprint density at radius 3 is 2.80 bits per heavy atom. The lowest BCUT2D eigenvalue weighted by atomic mass is 10.1. The molecule has 0 radical (unpaired) electrons. The van der Waals surface area contributed by atoms with Crippen LogP contribution in [0.3, 0.4) is 0 Å². The smallest absolute Gasteiger partial charge is 0.251 e. The third kappa shape index (κ3) is 4.41. The van der Waals surface area contributed by atoms with Crippen molar-refractivity contribution in [2.75, 3.05) is 43.3 Å². The van der Waals surface area contributed by atoms with Crippen molar-refractivity contribution < 1.29 is 13.2 Å². The van der Waals surface area contributed by atoms with Crippen LogP contribution in [0, 0.1) is 0 Å². The van der Waals surface area contributed by atoms with Crippen LogP contribution in [-0.2, 0) is 10.0 Å². The van der Waals surface area contributed by atoms with Gasteiger partial charge in [-0.2, -0.15) is 0 Å². The van der Waals surface area contributed by atoms with Gasteiger partial charge in [-0.15, -0.1) is 0 Å². The van der Waals surface area contributed by atoms with Gasteiger partial charge in [-0.05, 0) is 44.5 Å². The zero-order valence-corrected chi connectivity index (χ0v) is 15.4. The molecule has 1 fully saturated rings. The molecule has 0 bridgehead atoms. The summed E-state index contributed by atoms with van der Waals surface area (Å²) in [6.45, 7) is 3.11. The van der Waals surface area contributed by atoms with E-state index in [1.807, 2.05) is 0 Å². The Kier molecular flexibility index (Phi) is 5.44. The molecule has 1 saturated heterocycles. The quantitative estimate of drug-likeness (QED) is 0.807. The number of nitrogens with one attached hydrogen (secondary N) is 1. The van der Waals surface area contributed by atoms with Crippen molar-refractivity contribution in [1.29, 1.82) is 0 Å². The van der Waals surface area contributed by atoms with Crippen molar-refractivity contribution in [3.05, 3.63) is 41.5 Å². The summed E-state index contributed by atoms with van der Waals surface area (Å²) < 4.78 is 25.5. The number of carbonyl (C=O) groups is 1. The molecule has 136 valence electrons. The molecule has 1 aromatic carbocycles. The second-order valence-electron chi connectivity index (χ2n) is 6.67. The summed E-state index contributed by atoms with van der Waals surface area (Å²) >= 11 is 0. The van der Waals surface area contributed by atoms with Crippen LogP contribution in [0.2, 0.25) is 0 Å². The molecule has 7 heteroatoms. The van der Waals surface area contributed by atoms with E-state index >= 15 is 0 Å². The number of hydrogen-bond acceptors (Lipinski definition) is 4. The van der Waals surface area contributed by atoms with E-state index in [1.165, 1.54) is 9.88 Å². The van der Waals surface area contributed by atoms with Crippen molar-refractivity contribution in [3.63, 3.8) is 0 Å². The number of carbonyl (C=O) groups excluding carboxylic acids is 1. The van der Waals surface area contributed by atoms with Crippen LogP contribution in [0.15, 0.2) is 35.9 Å². The maximum Gasteiger partial charge on any atom is 0.251 e. The standard InChI is InChI=1S/C18H25N3O3S/c1-20-11-7-15(8-12-20)6-9-19-18(22)16-4-2-5-17(14-16)21-10-3-13-25(21,23)24/h2,4-5,7,14H,3,6,8-13H2,1H3,(H,19,22). The number of nitrogens with zero attached hydrogens (tertiary/aromatic N) is 2. The molecule has 1 N–H and O–H groups in total. The van der Waals surface area contributed by atoms with E-state index in [4.69, 9.17) is 0 Å². The van der Waals surface area contributed by atoms with E-state index in [0.717, 1.165) is 25.9 Å². The highest BCUT2D eigenvalue weighted by molar-refractivity contribution is 7.93. The Bertz CT molecular complexity index is 774. The van der Waals surface area contributed by atoms with E-state index in [0.29, 0.717) is 30.8 Å². The van der Waals surface area contributed by atoms with Crippen molar-refractivity contribution in [3.8, 4) is 0 Å². The molecule has 0 saturated carbocycles. The average Bonchev–Trinajstić information content (AvgIpc) is 2.96. The molecule has 2 aliphatic heterocycles. The first-order valence-corrected chi connectivity index (χ1v) is 10.3. The monoisotopic (exact) mass is 363 g/mol. The Morgan fingerprint density at radius 1 is 1.28 bits per heavy atom. The van der Waals surface area contributed by atoms with Gasteiger partial charge in [-0.3, -0.25) is 9.10 Å². The minimum atomic E-state index is -3.23. The van der Waals surface area contributed by atoms with E-state index in [9.17, 15) is 13.2 Å². The number of sulfonamides is 1. The molecule has 0 unspecified atom stereocenters. The van der Waals surface area contributed by atoms with Crippen LogP contribution in [0.5, 0.6) is 0 Å². The Balaban J connectivity index is 1.58. The van der Waals surface area contributed by atoms with Gasteiger partial charge in [-0.25, -0.2) is 8.42 Å². The molecule has 1 aromatic rings. The zero-order chi connectivity index (χ0) is 17.9. The molecule has 6 nitrogen and oxygen atoms in total. The Hall–Kier alpha value is -1.86. The Morgan fingerprint density at radius 2 is 2.12 bits per heavy atom. The SMILES string of the molecule is CN1CC=C(CCNC(=O)c2cccc(N3CCCS3(=O)=O)c2)CC1. The highest BCUT2D eigenvalue weighted by Gasteiger charge is 2.28.